The van der Waals surface area contributed by atoms with Crippen LogP contribution in [0, 0.1) is 0 Å². The first-order chi connectivity index (χ1) is 13.4. The van der Waals surface area contributed by atoms with Crippen molar-refractivity contribution in [2.45, 2.75) is 38.2 Å². The van der Waals surface area contributed by atoms with Gasteiger partial charge in [-0.2, -0.15) is 26.3 Å². The molecule has 158 valence electrons. The summed E-state index contributed by atoms with van der Waals surface area (Å²) in [4.78, 5) is 28.0. The van der Waals surface area contributed by atoms with Crippen LogP contribution in [0.5, 0.6) is 0 Å². The lowest BCUT2D eigenvalue weighted by Crippen LogP contribution is -2.29. The Bertz CT molecular complexity index is 917. The van der Waals surface area contributed by atoms with E-state index in [4.69, 9.17) is 0 Å². The highest BCUT2D eigenvalue weighted by atomic mass is 19.4. The Morgan fingerprint density at radius 3 is 2.24 bits per heavy atom. The lowest BCUT2D eigenvalue weighted by Gasteiger charge is -2.14. The van der Waals surface area contributed by atoms with Crippen molar-refractivity contribution in [3.63, 3.8) is 0 Å². The average Bonchev–Trinajstić information content (AvgIpc) is 2.62. The molecule has 0 atom stereocenters. The average molecular weight is 422 g/mol. The number of aryl methyl sites for hydroxylation is 1. The molecule has 0 bridgehead atoms. The molecule has 1 aromatic carbocycles. The van der Waals surface area contributed by atoms with Crippen LogP contribution < -0.4 is 5.56 Å². The molecule has 0 spiro atoms. The van der Waals surface area contributed by atoms with Gasteiger partial charge in [-0.05, 0) is 18.6 Å². The van der Waals surface area contributed by atoms with E-state index in [0.717, 1.165) is 42.0 Å². The van der Waals surface area contributed by atoms with Gasteiger partial charge in [0.2, 0.25) is 0 Å². The molecule has 0 radical (unpaired) electrons. The molecule has 0 aliphatic carbocycles. The third kappa shape index (κ3) is 6.33. The van der Waals surface area contributed by atoms with Crippen LogP contribution in [0.3, 0.4) is 0 Å². The summed E-state index contributed by atoms with van der Waals surface area (Å²) in [6.45, 7) is -0.545. The Kier molecular flexibility index (Phi) is 6.70. The SMILES string of the molecule is COC(=O)Cn1c(CCCC(F)(F)F)nc(-c2ccc(C(F)(F)F)cc2)cc1=O. The Morgan fingerprint density at radius 1 is 1.10 bits per heavy atom. The second-order valence-electron chi connectivity index (χ2n) is 6.10. The number of aromatic nitrogens is 2. The molecule has 0 saturated carbocycles. The van der Waals surface area contributed by atoms with E-state index in [1.54, 1.807) is 0 Å². The molecular weight excluding hydrogens is 406 g/mol. The predicted octanol–water partition coefficient (Wildman–Crippen LogP) is 3.99. The lowest BCUT2D eigenvalue weighted by molar-refractivity contribution is -0.141. The van der Waals surface area contributed by atoms with Crippen molar-refractivity contribution in [2.75, 3.05) is 7.11 Å². The number of rotatable bonds is 6. The smallest absolute Gasteiger partial charge is 0.416 e. The summed E-state index contributed by atoms with van der Waals surface area (Å²) in [7, 11) is 1.08. The van der Waals surface area contributed by atoms with Gasteiger partial charge in [-0.15, -0.1) is 0 Å². The molecular formula is C18H16F6N2O3. The van der Waals surface area contributed by atoms with E-state index in [0.29, 0.717) is 0 Å². The van der Waals surface area contributed by atoms with Crippen LogP contribution in [0.1, 0.15) is 24.2 Å². The number of nitrogens with zero attached hydrogens (tertiary/aromatic N) is 2. The van der Waals surface area contributed by atoms with Gasteiger partial charge in [0.05, 0.1) is 18.4 Å². The fraction of sp³-hybridized carbons (Fsp3) is 0.389. The van der Waals surface area contributed by atoms with Crippen molar-refractivity contribution in [3.05, 3.63) is 52.1 Å². The summed E-state index contributed by atoms with van der Waals surface area (Å²) in [5.41, 5.74) is -1.46. The highest BCUT2D eigenvalue weighted by Crippen LogP contribution is 2.30. The minimum absolute atomic E-state index is 0.00755. The Labute approximate surface area is 160 Å². The summed E-state index contributed by atoms with van der Waals surface area (Å²) in [5.74, 6) is -0.893. The molecule has 5 nitrogen and oxygen atoms in total. The van der Waals surface area contributed by atoms with Crippen molar-refractivity contribution in [2.24, 2.45) is 0 Å². The second-order valence-corrected chi connectivity index (χ2v) is 6.10. The van der Waals surface area contributed by atoms with Crippen molar-refractivity contribution in [1.29, 1.82) is 0 Å². The van der Waals surface area contributed by atoms with E-state index >= 15 is 0 Å². The number of alkyl halides is 6. The van der Waals surface area contributed by atoms with Crippen LogP contribution in [0.4, 0.5) is 26.3 Å². The number of carbonyl (C=O) groups is 1. The standard InChI is InChI=1S/C18H16F6N2O3/c1-29-16(28)10-26-14(3-2-8-17(19,20)21)25-13(9-15(26)27)11-4-6-12(7-5-11)18(22,23)24/h4-7,9H,2-3,8,10H2,1H3. The number of hydrogen-bond donors (Lipinski definition) is 0. The van der Waals surface area contributed by atoms with Gasteiger partial charge in [0.15, 0.2) is 0 Å². The van der Waals surface area contributed by atoms with Gasteiger partial charge >= 0.3 is 18.3 Å². The van der Waals surface area contributed by atoms with E-state index in [-0.39, 0.29) is 29.9 Å². The molecule has 2 rings (SSSR count). The van der Waals surface area contributed by atoms with Crippen molar-refractivity contribution < 1.29 is 35.9 Å². The topological polar surface area (TPSA) is 61.2 Å². The molecule has 11 heteroatoms. The fourth-order valence-corrected chi connectivity index (χ4v) is 2.53. The van der Waals surface area contributed by atoms with Crippen LogP contribution in [0.15, 0.2) is 35.1 Å². The molecule has 0 amide bonds. The molecule has 0 fully saturated rings. The number of hydrogen-bond acceptors (Lipinski definition) is 4. The Morgan fingerprint density at radius 2 is 1.72 bits per heavy atom. The van der Waals surface area contributed by atoms with Crippen LogP contribution in [0.2, 0.25) is 0 Å². The van der Waals surface area contributed by atoms with E-state index in [2.05, 4.69) is 9.72 Å². The molecule has 0 saturated heterocycles. The predicted molar refractivity (Wildman–Crippen MR) is 89.9 cm³/mol. The quantitative estimate of drug-likeness (QED) is 0.522. The maximum Gasteiger partial charge on any atom is 0.416 e. The van der Waals surface area contributed by atoms with E-state index < -0.39 is 42.4 Å². The van der Waals surface area contributed by atoms with Crippen LogP contribution >= 0.6 is 0 Å². The monoisotopic (exact) mass is 422 g/mol. The molecule has 0 aliphatic heterocycles. The first kappa shape index (κ1) is 22.4. The number of carbonyl (C=O) groups excluding carboxylic acids is 1. The number of methoxy groups -OCH3 is 1. The van der Waals surface area contributed by atoms with Gasteiger partial charge < -0.3 is 4.74 Å². The lowest BCUT2D eigenvalue weighted by atomic mass is 10.1. The molecule has 29 heavy (non-hydrogen) atoms. The summed E-state index contributed by atoms with van der Waals surface area (Å²) in [6, 6.07) is 4.82. The molecule has 0 N–H and O–H groups in total. The van der Waals surface area contributed by atoms with Crippen molar-refractivity contribution >= 4 is 5.97 Å². The number of esters is 1. The molecule has 1 heterocycles. The van der Waals surface area contributed by atoms with Gasteiger partial charge in [-0.3, -0.25) is 14.2 Å². The van der Waals surface area contributed by atoms with Crippen LogP contribution in [0.25, 0.3) is 11.3 Å². The number of halogens is 6. The zero-order valence-electron chi connectivity index (χ0n) is 15.1. The molecule has 0 unspecified atom stereocenters. The summed E-state index contributed by atoms with van der Waals surface area (Å²) >= 11 is 0. The van der Waals surface area contributed by atoms with Gasteiger partial charge in [0.25, 0.3) is 5.56 Å². The zero-order chi connectivity index (χ0) is 21.8. The third-order valence-corrected chi connectivity index (χ3v) is 3.97. The maximum atomic E-state index is 12.7. The van der Waals surface area contributed by atoms with Gasteiger partial charge in [0, 0.05) is 24.5 Å². The molecule has 2 aromatic rings. The van der Waals surface area contributed by atoms with E-state index in [9.17, 15) is 35.9 Å². The first-order valence-electron chi connectivity index (χ1n) is 8.32. The zero-order valence-corrected chi connectivity index (χ0v) is 15.1. The van der Waals surface area contributed by atoms with Gasteiger partial charge in [0.1, 0.15) is 12.4 Å². The van der Waals surface area contributed by atoms with Crippen molar-refractivity contribution in [3.8, 4) is 11.3 Å². The number of ether oxygens (including phenoxy) is 1. The summed E-state index contributed by atoms with van der Waals surface area (Å²) < 4.78 is 80.7. The second kappa shape index (κ2) is 8.66. The fourth-order valence-electron chi connectivity index (χ4n) is 2.53. The van der Waals surface area contributed by atoms with Gasteiger partial charge in [-0.25, -0.2) is 4.98 Å². The first-order valence-corrected chi connectivity index (χ1v) is 8.32. The third-order valence-electron chi connectivity index (χ3n) is 3.97. The van der Waals surface area contributed by atoms with E-state index in [1.807, 2.05) is 0 Å². The van der Waals surface area contributed by atoms with Crippen molar-refractivity contribution in [1.82, 2.24) is 9.55 Å². The summed E-state index contributed by atoms with van der Waals surface area (Å²) in [5, 5.41) is 0. The minimum atomic E-state index is -4.54. The van der Waals surface area contributed by atoms with Crippen LogP contribution in [-0.4, -0.2) is 28.8 Å². The number of benzene rings is 1. The Hall–Kier alpha value is -2.85. The molecule has 1 aromatic heterocycles. The Balaban J connectivity index is 2.41. The van der Waals surface area contributed by atoms with E-state index in [1.165, 1.54) is 0 Å². The van der Waals surface area contributed by atoms with Crippen LogP contribution in [-0.2, 0) is 28.7 Å². The highest BCUT2D eigenvalue weighted by Gasteiger charge is 2.30. The maximum absolute atomic E-state index is 12.7. The summed E-state index contributed by atoms with van der Waals surface area (Å²) in [6.07, 6.45) is -10.7. The molecule has 0 aliphatic rings. The highest BCUT2D eigenvalue weighted by molar-refractivity contribution is 5.69. The normalized spacial score (nSPS) is 12.1. The largest absolute Gasteiger partial charge is 0.468 e. The van der Waals surface area contributed by atoms with Gasteiger partial charge in [-0.1, -0.05) is 12.1 Å². The minimum Gasteiger partial charge on any atom is -0.468 e.